The van der Waals surface area contributed by atoms with Crippen molar-refractivity contribution in [2.75, 3.05) is 13.7 Å². The van der Waals surface area contributed by atoms with Gasteiger partial charge in [-0.05, 0) is 37.6 Å². The number of aliphatic hydroxyl groups excluding tert-OH is 1. The predicted octanol–water partition coefficient (Wildman–Crippen LogP) is 2.54. The van der Waals surface area contributed by atoms with Gasteiger partial charge in [0, 0.05) is 18.2 Å². The Bertz CT molecular complexity index is 483. The van der Waals surface area contributed by atoms with E-state index in [0.717, 1.165) is 12.1 Å². The molecule has 3 heteroatoms. The van der Waals surface area contributed by atoms with Gasteiger partial charge in [-0.2, -0.15) is 0 Å². The first kappa shape index (κ1) is 14.0. The smallest absolute Gasteiger partial charge is 0.124 e. The SMILES string of the molecule is CN(Cc1ccc(F)cc1C#CCO)C1CCCC1. The standard InChI is InChI=1S/C16H20FNO/c1-18(16-6-2-3-7-16)12-14-8-9-15(17)11-13(14)5-4-10-19/h8-9,11,16,19H,2-3,6-7,10,12H2,1H3. The van der Waals surface area contributed by atoms with Crippen molar-refractivity contribution in [1.82, 2.24) is 4.90 Å². The average molecular weight is 261 g/mol. The molecule has 0 spiro atoms. The number of halogens is 1. The lowest BCUT2D eigenvalue weighted by molar-refractivity contribution is 0.237. The molecule has 0 heterocycles. The van der Waals surface area contributed by atoms with Gasteiger partial charge in [0.1, 0.15) is 12.4 Å². The monoisotopic (exact) mass is 261 g/mol. The van der Waals surface area contributed by atoms with Crippen LogP contribution in [0, 0.1) is 17.7 Å². The maximum atomic E-state index is 13.3. The third kappa shape index (κ3) is 3.79. The second-order valence-corrected chi connectivity index (χ2v) is 5.11. The van der Waals surface area contributed by atoms with Crippen LogP contribution >= 0.6 is 0 Å². The van der Waals surface area contributed by atoms with Crippen LogP contribution in [0.25, 0.3) is 0 Å². The molecule has 0 aromatic heterocycles. The van der Waals surface area contributed by atoms with Crippen molar-refractivity contribution in [3.05, 3.63) is 35.1 Å². The summed E-state index contributed by atoms with van der Waals surface area (Å²) in [6.07, 6.45) is 5.09. The van der Waals surface area contributed by atoms with E-state index in [1.807, 2.05) is 0 Å². The maximum absolute atomic E-state index is 13.3. The van der Waals surface area contributed by atoms with Gasteiger partial charge in [-0.25, -0.2) is 4.39 Å². The lowest BCUT2D eigenvalue weighted by Crippen LogP contribution is -2.28. The number of rotatable bonds is 3. The van der Waals surface area contributed by atoms with Gasteiger partial charge in [-0.15, -0.1) is 0 Å². The molecule has 1 aromatic carbocycles. The Morgan fingerprint density at radius 1 is 1.37 bits per heavy atom. The van der Waals surface area contributed by atoms with Gasteiger partial charge in [0.05, 0.1) is 0 Å². The van der Waals surface area contributed by atoms with Gasteiger partial charge >= 0.3 is 0 Å². The van der Waals surface area contributed by atoms with Crippen LogP contribution in [0.2, 0.25) is 0 Å². The van der Waals surface area contributed by atoms with Crippen molar-refractivity contribution in [2.45, 2.75) is 38.3 Å². The number of benzene rings is 1. The van der Waals surface area contributed by atoms with E-state index in [1.165, 1.54) is 37.8 Å². The highest BCUT2D eigenvalue weighted by molar-refractivity contribution is 5.41. The van der Waals surface area contributed by atoms with E-state index < -0.39 is 0 Å². The zero-order chi connectivity index (χ0) is 13.7. The Balaban J connectivity index is 2.14. The second kappa shape index (κ2) is 6.70. The number of hydrogen-bond acceptors (Lipinski definition) is 2. The highest BCUT2D eigenvalue weighted by Gasteiger charge is 2.20. The molecule has 2 nitrogen and oxygen atoms in total. The van der Waals surface area contributed by atoms with Crippen molar-refractivity contribution in [3.8, 4) is 11.8 Å². The average Bonchev–Trinajstić information content (AvgIpc) is 2.93. The lowest BCUT2D eigenvalue weighted by atomic mass is 10.1. The number of hydrogen-bond donors (Lipinski definition) is 1. The predicted molar refractivity (Wildman–Crippen MR) is 74.1 cm³/mol. The summed E-state index contributed by atoms with van der Waals surface area (Å²) in [5.74, 6) is 5.15. The molecule has 2 rings (SSSR count). The normalized spacial score (nSPS) is 15.6. The molecular weight excluding hydrogens is 241 g/mol. The summed E-state index contributed by atoms with van der Waals surface area (Å²) in [5.41, 5.74) is 1.70. The van der Waals surface area contributed by atoms with Crippen LogP contribution in [0.5, 0.6) is 0 Å². The summed E-state index contributed by atoms with van der Waals surface area (Å²) in [4.78, 5) is 2.32. The number of nitrogens with zero attached hydrogens (tertiary/aromatic N) is 1. The Morgan fingerprint density at radius 2 is 2.11 bits per heavy atom. The topological polar surface area (TPSA) is 23.5 Å². The Hall–Kier alpha value is -1.37. The molecule has 0 radical (unpaired) electrons. The summed E-state index contributed by atoms with van der Waals surface area (Å²) in [5, 5.41) is 8.76. The van der Waals surface area contributed by atoms with Gasteiger partial charge in [-0.1, -0.05) is 30.7 Å². The summed E-state index contributed by atoms with van der Waals surface area (Å²) < 4.78 is 13.3. The molecule has 1 aromatic rings. The van der Waals surface area contributed by atoms with Gasteiger partial charge in [-0.3, -0.25) is 4.90 Å². The largest absolute Gasteiger partial charge is 0.384 e. The van der Waals surface area contributed by atoms with E-state index in [2.05, 4.69) is 23.8 Å². The van der Waals surface area contributed by atoms with E-state index in [9.17, 15) is 4.39 Å². The third-order valence-corrected chi connectivity index (χ3v) is 3.74. The Morgan fingerprint density at radius 3 is 2.79 bits per heavy atom. The van der Waals surface area contributed by atoms with E-state index >= 15 is 0 Å². The minimum absolute atomic E-state index is 0.200. The first-order valence-electron chi connectivity index (χ1n) is 6.79. The van der Waals surface area contributed by atoms with Gasteiger partial charge in [0.2, 0.25) is 0 Å². The fraction of sp³-hybridized carbons (Fsp3) is 0.500. The van der Waals surface area contributed by atoms with E-state index in [4.69, 9.17) is 5.11 Å². The molecule has 0 atom stereocenters. The molecule has 0 aliphatic heterocycles. The third-order valence-electron chi connectivity index (χ3n) is 3.74. The maximum Gasteiger partial charge on any atom is 0.124 e. The van der Waals surface area contributed by atoms with Crippen LogP contribution in [0.1, 0.15) is 36.8 Å². The molecule has 1 aliphatic carbocycles. The Labute approximate surface area is 114 Å². The van der Waals surface area contributed by atoms with Crippen LogP contribution < -0.4 is 0 Å². The van der Waals surface area contributed by atoms with Crippen molar-refractivity contribution in [1.29, 1.82) is 0 Å². The fourth-order valence-electron chi connectivity index (χ4n) is 2.68. The van der Waals surface area contributed by atoms with Gasteiger partial charge in [0.15, 0.2) is 0 Å². The Kier molecular flexibility index (Phi) is 4.95. The molecule has 102 valence electrons. The van der Waals surface area contributed by atoms with Crippen LogP contribution in [0.15, 0.2) is 18.2 Å². The molecule has 0 bridgehead atoms. The van der Waals surface area contributed by atoms with Crippen LogP contribution in [-0.2, 0) is 6.54 Å². The fourth-order valence-corrected chi connectivity index (χ4v) is 2.68. The molecule has 0 unspecified atom stereocenters. The zero-order valence-corrected chi connectivity index (χ0v) is 11.3. The van der Waals surface area contributed by atoms with E-state index in [1.54, 1.807) is 6.07 Å². The molecule has 1 fully saturated rings. The molecular formula is C16H20FNO. The molecule has 0 saturated heterocycles. The minimum atomic E-state index is -0.283. The molecule has 0 amide bonds. The van der Waals surface area contributed by atoms with Crippen LogP contribution in [0.4, 0.5) is 4.39 Å². The molecule has 19 heavy (non-hydrogen) atoms. The van der Waals surface area contributed by atoms with Crippen LogP contribution in [-0.4, -0.2) is 29.7 Å². The number of aliphatic hydroxyl groups is 1. The summed E-state index contributed by atoms with van der Waals surface area (Å²) in [6, 6.07) is 5.34. The summed E-state index contributed by atoms with van der Waals surface area (Å²) in [6.45, 7) is 0.578. The first-order chi connectivity index (χ1) is 9.20. The van der Waals surface area contributed by atoms with E-state index in [-0.39, 0.29) is 12.4 Å². The van der Waals surface area contributed by atoms with Crippen molar-refractivity contribution < 1.29 is 9.50 Å². The summed E-state index contributed by atoms with van der Waals surface area (Å²) >= 11 is 0. The first-order valence-corrected chi connectivity index (χ1v) is 6.79. The van der Waals surface area contributed by atoms with Crippen molar-refractivity contribution >= 4 is 0 Å². The van der Waals surface area contributed by atoms with Crippen molar-refractivity contribution in [2.24, 2.45) is 0 Å². The zero-order valence-electron chi connectivity index (χ0n) is 11.3. The second-order valence-electron chi connectivity index (χ2n) is 5.11. The highest BCUT2D eigenvalue weighted by atomic mass is 19.1. The molecule has 1 N–H and O–H groups in total. The lowest BCUT2D eigenvalue weighted by Gasteiger charge is -2.24. The van der Waals surface area contributed by atoms with Crippen LogP contribution in [0.3, 0.4) is 0 Å². The highest BCUT2D eigenvalue weighted by Crippen LogP contribution is 2.24. The quantitative estimate of drug-likeness (QED) is 0.845. The summed E-state index contributed by atoms with van der Waals surface area (Å²) in [7, 11) is 2.11. The van der Waals surface area contributed by atoms with Crippen molar-refractivity contribution in [3.63, 3.8) is 0 Å². The molecule has 1 saturated carbocycles. The van der Waals surface area contributed by atoms with Gasteiger partial charge < -0.3 is 5.11 Å². The van der Waals surface area contributed by atoms with E-state index in [0.29, 0.717) is 11.6 Å². The van der Waals surface area contributed by atoms with Gasteiger partial charge in [0.25, 0.3) is 0 Å². The minimum Gasteiger partial charge on any atom is -0.384 e. The molecule has 1 aliphatic rings.